The van der Waals surface area contributed by atoms with Crippen molar-refractivity contribution in [3.05, 3.63) is 53.2 Å². The van der Waals surface area contributed by atoms with Gasteiger partial charge in [0.2, 0.25) is 0 Å². The number of para-hydroxylation sites is 1. The van der Waals surface area contributed by atoms with Crippen LogP contribution in [0.4, 0.5) is 11.5 Å². The molecule has 0 aliphatic carbocycles. The summed E-state index contributed by atoms with van der Waals surface area (Å²) in [4.78, 5) is 22.0. The molecular formula is C22H30N4O. The Morgan fingerprint density at radius 2 is 1.67 bits per heavy atom. The molecule has 1 aliphatic rings. The highest BCUT2D eigenvalue weighted by atomic mass is 16.1. The van der Waals surface area contributed by atoms with Crippen LogP contribution in [-0.2, 0) is 12.8 Å². The van der Waals surface area contributed by atoms with Crippen LogP contribution < -0.4 is 10.2 Å². The van der Waals surface area contributed by atoms with Crippen LogP contribution in [0.1, 0.15) is 42.3 Å². The van der Waals surface area contributed by atoms with Gasteiger partial charge in [0.25, 0.3) is 5.91 Å². The van der Waals surface area contributed by atoms with Gasteiger partial charge in [0.05, 0.1) is 5.56 Å². The lowest BCUT2D eigenvalue weighted by molar-refractivity contribution is 0.102. The molecule has 27 heavy (non-hydrogen) atoms. The topological polar surface area (TPSA) is 48.5 Å². The molecule has 1 amide bonds. The van der Waals surface area contributed by atoms with Gasteiger partial charge in [-0.15, -0.1) is 0 Å². The van der Waals surface area contributed by atoms with Gasteiger partial charge < -0.3 is 15.1 Å². The van der Waals surface area contributed by atoms with E-state index >= 15 is 0 Å². The molecule has 0 bridgehead atoms. The van der Waals surface area contributed by atoms with Crippen LogP contribution in [0, 0.1) is 0 Å². The van der Waals surface area contributed by atoms with E-state index in [4.69, 9.17) is 0 Å². The second-order valence-corrected chi connectivity index (χ2v) is 6.94. The van der Waals surface area contributed by atoms with Crippen LogP contribution in [0.25, 0.3) is 0 Å². The second-order valence-electron chi connectivity index (χ2n) is 6.94. The molecule has 1 saturated heterocycles. The molecule has 5 heteroatoms. The van der Waals surface area contributed by atoms with E-state index in [0.717, 1.165) is 57.1 Å². The highest BCUT2D eigenvalue weighted by molar-refractivity contribution is 6.05. The quantitative estimate of drug-likeness (QED) is 0.849. The summed E-state index contributed by atoms with van der Waals surface area (Å²) < 4.78 is 0. The Labute approximate surface area is 162 Å². The summed E-state index contributed by atoms with van der Waals surface area (Å²) in [6.07, 6.45) is 3.48. The number of likely N-dealkylation sites (N-methyl/N-ethyl adjacent to an activating group) is 1. The predicted molar refractivity (Wildman–Crippen MR) is 112 cm³/mol. The highest BCUT2D eigenvalue weighted by Gasteiger charge is 2.17. The van der Waals surface area contributed by atoms with E-state index in [1.165, 1.54) is 11.1 Å². The first kappa shape index (κ1) is 19.4. The van der Waals surface area contributed by atoms with E-state index in [2.05, 4.69) is 59.1 Å². The van der Waals surface area contributed by atoms with Crippen molar-refractivity contribution in [2.75, 3.05) is 42.9 Å². The molecule has 1 aliphatic heterocycles. The van der Waals surface area contributed by atoms with Crippen molar-refractivity contribution >= 4 is 17.4 Å². The van der Waals surface area contributed by atoms with Crippen LogP contribution in [0.15, 0.2) is 36.5 Å². The number of nitrogens with one attached hydrogen (secondary N) is 1. The van der Waals surface area contributed by atoms with Gasteiger partial charge in [-0.05, 0) is 42.6 Å². The van der Waals surface area contributed by atoms with Gasteiger partial charge in [0.1, 0.15) is 5.82 Å². The summed E-state index contributed by atoms with van der Waals surface area (Å²) in [5.41, 5.74) is 3.88. The maximum absolute atomic E-state index is 12.7. The fourth-order valence-electron chi connectivity index (χ4n) is 3.59. The number of carbonyl (C=O) groups is 1. The Hall–Kier alpha value is -2.40. The summed E-state index contributed by atoms with van der Waals surface area (Å²) >= 11 is 0. The molecular weight excluding hydrogens is 336 g/mol. The molecule has 0 radical (unpaired) electrons. The largest absolute Gasteiger partial charge is 0.354 e. The number of anilines is 2. The average molecular weight is 367 g/mol. The van der Waals surface area contributed by atoms with Crippen molar-refractivity contribution in [2.45, 2.75) is 33.6 Å². The number of carbonyl (C=O) groups excluding carboxylic acids is 1. The minimum Gasteiger partial charge on any atom is -0.354 e. The normalized spacial score (nSPS) is 15.0. The number of aromatic nitrogens is 1. The van der Waals surface area contributed by atoms with Crippen molar-refractivity contribution in [1.82, 2.24) is 9.88 Å². The Morgan fingerprint density at radius 3 is 2.19 bits per heavy atom. The summed E-state index contributed by atoms with van der Waals surface area (Å²) in [5, 5.41) is 3.11. The van der Waals surface area contributed by atoms with Gasteiger partial charge in [-0.3, -0.25) is 4.79 Å². The Bertz CT molecular complexity index is 742. The highest BCUT2D eigenvalue weighted by Crippen LogP contribution is 2.23. The van der Waals surface area contributed by atoms with Gasteiger partial charge in [-0.25, -0.2) is 4.98 Å². The first-order chi connectivity index (χ1) is 13.2. The number of amides is 1. The molecule has 1 fully saturated rings. The van der Waals surface area contributed by atoms with E-state index in [9.17, 15) is 4.79 Å². The standard InChI is InChI=1S/C22H30N4O/c1-4-17-8-7-9-18(5-2)21(17)24-22(27)19-10-11-20(23-16-19)26-14-12-25(6-3)13-15-26/h7-11,16H,4-6,12-15H2,1-3H3,(H,24,27). The lowest BCUT2D eigenvalue weighted by Crippen LogP contribution is -2.46. The minimum absolute atomic E-state index is 0.0968. The third-order valence-corrected chi connectivity index (χ3v) is 5.39. The molecule has 0 spiro atoms. The van der Waals surface area contributed by atoms with Crippen molar-refractivity contribution in [3.8, 4) is 0 Å². The molecule has 3 rings (SSSR count). The van der Waals surface area contributed by atoms with Gasteiger partial charge >= 0.3 is 0 Å². The number of hydrogen-bond donors (Lipinski definition) is 1. The summed E-state index contributed by atoms with van der Waals surface area (Å²) in [7, 11) is 0. The monoisotopic (exact) mass is 366 g/mol. The molecule has 1 aromatic carbocycles. The fraction of sp³-hybridized carbons (Fsp3) is 0.455. The number of aryl methyl sites for hydroxylation is 2. The van der Waals surface area contributed by atoms with Crippen LogP contribution in [0.5, 0.6) is 0 Å². The van der Waals surface area contributed by atoms with Gasteiger partial charge in [-0.2, -0.15) is 0 Å². The third-order valence-electron chi connectivity index (χ3n) is 5.39. The van der Waals surface area contributed by atoms with E-state index in [0.29, 0.717) is 5.56 Å². The zero-order valence-corrected chi connectivity index (χ0v) is 16.7. The van der Waals surface area contributed by atoms with E-state index < -0.39 is 0 Å². The number of benzene rings is 1. The smallest absolute Gasteiger partial charge is 0.257 e. The van der Waals surface area contributed by atoms with Crippen LogP contribution in [0.3, 0.4) is 0 Å². The maximum atomic E-state index is 12.7. The van der Waals surface area contributed by atoms with Gasteiger partial charge in [-0.1, -0.05) is 39.0 Å². The van der Waals surface area contributed by atoms with E-state index in [1.807, 2.05) is 12.1 Å². The van der Waals surface area contributed by atoms with Crippen LogP contribution in [0.2, 0.25) is 0 Å². The molecule has 5 nitrogen and oxygen atoms in total. The summed E-state index contributed by atoms with van der Waals surface area (Å²) in [6.45, 7) is 11.6. The zero-order valence-electron chi connectivity index (χ0n) is 16.7. The number of rotatable bonds is 6. The Balaban J connectivity index is 1.70. The predicted octanol–water partition coefficient (Wildman–Crippen LogP) is 3.60. The molecule has 0 saturated carbocycles. The molecule has 0 atom stereocenters. The Kier molecular flexibility index (Phi) is 6.45. The number of pyridine rings is 1. The van der Waals surface area contributed by atoms with E-state index in [-0.39, 0.29) is 5.91 Å². The van der Waals surface area contributed by atoms with Crippen molar-refractivity contribution in [1.29, 1.82) is 0 Å². The van der Waals surface area contributed by atoms with E-state index in [1.54, 1.807) is 6.20 Å². The maximum Gasteiger partial charge on any atom is 0.257 e. The number of piperazine rings is 1. The lowest BCUT2D eigenvalue weighted by Gasteiger charge is -2.34. The van der Waals surface area contributed by atoms with Crippen molar-refractivity contribution in [2.24, 2.45) is 0 Å². The number of nitrogens with zero attached hydrogens (tertiary/aromatic N) is 3. The Morgan fingerprint density at radius 1 is 1.00 bits per heavy atom. The summed E-state index contributed by atoms with van der Waals surface area (Å²) in [6, 6.07) is 10.0. The molecule has 1 aromatic heterocycles. The number of hydrogen-bond acceptors (Lipinski definition) is 4. The van der Waals surface area contributed by atoms with Gasteiger partial charge in [0.15, 0.2) is 0 Å². The lowest BCUT2D eigenvalue weighted by atomic mass is 10.0. The third kappa shape index (κ3) is 4.48. The second kappa shape index (κ2) is 9.00. The first-order valence-corrected chi connectivity index (χ1v) is 10.0. The summed E-state index contributed by atoms with van der Waals surface area (Å²) in [5.74, 6) is 0.853. The van der Waals surface area contributed by atoms with Gasteiger partial charge in [0, 0.05) is 38.1 Å². The minimum atomic E-state index is -0.0968. The van der Waals surface area contributed by atoms with Crippen LogP contribution >= 0.6 is 0 Å². The zero-order chi connectivity index (χ0) is 19.2. The first-order valence-electron chi connectivity index (χ1n) is 10.0. The SMILES string of the molecule is CCc1cccc(CC)c1NC(=O)c1ccc(N2CCN(CC)CC2)nc1. The molecule has 144 valence electrons. The average Bonchev–Trinajstić information content (AvgIpc) is 2.74. The molecule has 2 heterocycles. The van der Waals surface area contributed by atoms with Crippen molar-refractivity contribution < 1.29 is 4.79 Å². The molecule has 0 unspecified atom stereocenters. The van der Waals surface area contributed by atoms with Crippen molar-refractivity contribution in [3.63, 3.8) is 0 Å². The molecule has 1 N–H and O–H groups in total. The van der Waals surface area contributed by atoms with Crippen LogP contribution in [-0.4, -0.2) is 48.5 Å². The fourth-order valence-corrected chi connectivity index (χ4v) is 3.59. The molecule has 2 aromatic rings.